The fraction of sp³-hybridized carbons (Fsp3) is 0.0417. The van der Waals surface area contributed by atoms with Gasteiger partial charge in [0.1, 0.15) is 5.75 Å². The van der Waals surface area contributed by atoms with Crippen LogP contribution in [0.2, 0.25) is 0 Å². The Morgan fingerprint density at radius 3 is 2.45 bits per heavy atom. The number of hydrogen-bond donors (Lipinski definition) is 3. The van der Waals surface area contributed by atoms with Gasteiger partial charge < -0.3 is 21.1 Å². The van der Waals surface area contributed by atoms with E-state index in [0.717, 1.165) is 0 Å². The van der Waals surface area contributed by atoms with Gasteiger partial charge in [-0.2, -0.15) is 0 Å². The third kappa shape index (κ3) is 4.30. The smallest absolute Gasteiger partial charge is 0.255 e. The van der Waals surface area contributed by atoms with E-state index in [1.165, 1.54) is 6.20 Å². The molecule has 3 aromatic carbocycles. The first-order valence-corrected chi connectivity index (χ1v) is 9.55. The Morgan fingerprint density at radius 1 is 0.935 bits per heavy atom. The Bertz CT molecular complexity index is 1270. The van der Waals surface area contributed by atoms with Gasteiger partial charge in [-0.15, -0.1) is 0 Å². The van der Waals surface area contributed by atoms with Crippen molar-refractivity contribution >= 4 is 39.8 Å². The molecule has 0 unspecified atom stereocenters. The van der Waals surface area contributed by atoms with Gasteiger partial charge >= 0.3 is 0 Å². The summed E-state index contributed by atoms with van der Waals surface area (Å²) in [7, 11) is 1.58. The molecule has 0 radical (unpaired) electrons. The lowest BCUT2D eigenvalue weighted by Gasteiger charge is -2.15. The minimum atomic E-state index is -0.626. The second kappa shape index (κ2) is 8.54. The van der Waals surface area contributed by atoms with E-state index in [4.69, 9.17) is 10.5 Å². The van der Waals surface area contributed by atoms with Gasteiger partial charge in [-0.25, -0.2) is 0 Å². The number of pyridine rings is 1. The number of amides is 2. The van der Waals surface area contributed by atoms with Gasteiger partial charge in [0.05, 0.1) is 23.9 Å². The van der Waals surface area contributed by atoms with Crippen molar-refractivity contribution in [3.8, 4) is 5.75 Å². The number of fused-ring (bicyclic) bond motifs is 1. The highest BCUT2D eigenvalue weighted by Gasteiger charge is 2.16. The van der Waals surface area contributed by atoms with Crippen molar-refractivity contribution in [2.24, 2.45) is 5.73 Å². The van der Waals surface area contributed by atoms with E-state index < -0.39 is 5.91 Å². The number of para-hydroxylation sites is 1. The zero-order valence-electron chi connectivity index (χ0n) is 16.8. The topological polar surface area (TPSA) is 106 Å². The minimum Gasteiger partial charge on any atom is -0.497 e. The summed E-state index contributed by atoms with van der Waals surface area (Å²) in [4.78, 5) is 29.2. The molecule has 4 rings (SSSR count). The maximum atomic E-state index is 12.8. The number of anilines is 3. The van der Waals surface area contributed by atoms with Crippen LogP contribution in [0.4, 0.5) is 17.1 Å². The number of carbonyl (C=O) groups is 2. The molecular weight excluding hydrogens is 392 g/mol. The van der Waals surface area contributed by atoms with E-state index in [0.29, 0.717) is 39.3 Å². The van der Waals surface area contributed by atoms with Crippen molar-refractivity contribution < 1.29 is 14.3 Å². The summed E-state index contributed by atoms with van der Waals surface area (Å²) in [6.07, 6.45) is 1.43. The van der Waals surface area contributed by atoms with Crippen LogP contribution < -0.4 is 21.1 Å². The predicted molar refractivity (Wildman–Crippen MR) is 121 cm³/mol. The summed E-state index contributed by atoms with van der Waals surface area (Å²) >= 11 is 0. The number of hydrogen-bond acceptors (Lipinski definition) is 5. The number of rotatable bonds is 6. The Labute approximate surface area is 178 Å². The summed E-state index contributed by atoms with van der Waals surface area (Å²) in [5, 5.41) is 6.69. The molecule has 0 saturated heterocycles. The summed E-state index contributed by atoms with van der Waals surface area (Å²) in [5.41, 5.74) is 8.71. The molecule has 1 aromatic heterocycles. The van der Waals surface area contributed by atoms with Crippen molar-refractivity contribution in [1.82, 2.24) is 4.98 Å². The molecule has 154 valence electrons. The summed E-state index contributed by atoms with van der Waals surface area (Å²) < 4.78 is 5.27. The standard InChI is InChI=1S/C24H20N4O3/c1-31-18-9-5-8-17(13-18)27-22-19-12-15(24(30)28-16-6-3-2-4-7-16)10-11-21(19)26-14-20(22)23(25)29/h2-14H,1H3,(H2,25,29)(H,26,27)(H,28,30). The number of aromatic nitrogens is 1. The summed E-state index contributed by atoms with van der Waals surface area (Å²) in [5.74, 6) is -0.240. The monoisotopic (exact) mass is 412 g/mol. The van der Waals surface area contributed by atoms with Crippen LogP contribution in [0.15, 0.2) is 79.0 Å². The molecule has 0 aliphatic heterocycles. The number of methoxy groups -OCH3 is 1. The van der Waals surface area contributed by atoms with Crippen LogP contribution in [0, 0.1) is 0 Å². The number of nitrogens with one attached hydrogen (secondary N) is 2. The molecule has 4 N–H and O–H groups in total. The zero-order chi connectivity index (χ0) is 21.8. The van der Waals surface area contributed by atoms with Crippen molar-refractivity contribution in [3.63, 3.8) is 0 Å². The highest BCUT2D eigenvalue weighted by Crippen LogP contribution is 2.31. The van der Waals surface area contributed by atoms with Crippen LogP contribution in [0.25, 0.3) is 10.9 Å². The maximum Gasteiger partial charge on any atom is 0.255 e. The third-order valence-electron chi connectivity index (χ3n) is 4.77. The van der Waals surface area contributed by atoms with Crippen LogP contribution in [-0.2, 0) is 0 Å². The average molecular weight is 412 g/mol. The molecular formula is C24H20N4O3. The van der Waals surface area contributed by atoms with Gasteiger partial charge in [0, 0.05) is 34.6 Å². The van der Waals surface area contributed by atoms with Crippen molar-refractivity contribution in [2.45, 2.75) is 0 Å². The molecule has 1 heterocycles. The van der Waals surface area contributed by atoms with Gasteiger partial charge in [0.15, 0.2) is 0 Å². The molecule has 7 nitrogen and oxygen atoms in total. The van der Waals surface area contributed by atoms with Gasteiger partial charge in [-0.05, 0) is 42.5 Å². The fourth-order valence-corrected chi connectivity index (χ4v) is 3.23. The van der Waals surface area contributed by atoms with Gasteiger partial charge in [-0.3, -0.25) is 14.6 Å². The number of nitrogens with zero attached hydrogens (tertiary/aromatic N) is 1. The Kier molecular flexibility index (Phi) is 5.49. The zero-order valence-corrected chi connectivity index (χ0v) is 16.8. The second-order valence-corrected chi connectivity index (χ2v) is 6.82. The predicted octanol–water partition coefficient (Wildman–Crippen LogP) is 4.34. The summed E-state index contributed by atoms with van der Waals surface area (Å²) in [6, 6.07) is 21.6. The van der Waals surface area contributed by atoms with Crippen LogP contribution in [-0.4, -0.2) is 23.9 Å². The van der Waals surface area contributed by atoms with Gasteiger partial charge in [0.25, 0.3) is 11.8 Å². The highest BCUT2D eigenvalue weighted by molar-refractivity contribution is 6.11. The normalized spacial score (nSPS) is 10.5. The molecule has 0 fully saturated rings. The largest absolute Gasteiger partial charge is 0.497 e. The van der Waals surface area contributed by atoms with E-state index in [1.807, 2.05) is 48.5 Å². The van der Waals surface area contributed by atoms with E-state index >= 15 is 0 Å². The van der Waals surface area contributed by atoms with E-state index in [-0.39, 0.29) is 11.5 Å². The number of nitrogens with two attached hydrogens (primary N) is 1. The highest BCUT2D eigenvalue weighted by atomic mass is 16.5. The number of benzene rings is 3. The van der Waals surface area contributed by atoms with E-state index in [9.17, 15) is 9.59 Å². The first-order chi connectivity index (χ1) is 15.0. The Morgan fingerprint density at radius 2 is 1.71 bits per heavy atom. The lowest BCUT2D eigenvalue weighted by atomic mass is 10.0. The van der Waals surface area contributed by atoms with Crippen LogP contribution >= 0.6 is 0 Å². The molecule has 2 amide bonds. The first kappa shape index (κ1) is 19.9. The lowest BCUT2D eigenvalue weighted by molar-refractivity contribution is 0.0998. The maximum absolute atomic E-state index is 12.8. The quantitative estimate of drug-likeness (QED) is 0.437. The van der Waals surface area contributed by atoms with Crippen molar-refractivity contribution in [2.75, 3.05) is 17.7 Å². The van der Waals surface area contributed by atoms with E-state index in [1.54, 1.807) is 31.4 Å². The lowest BCUT2D eigenvalue weighted by Crippen LogP contribution is -2.15. The molecule has 0 bridgehead atoms. The number of primary amides is 1. The third-order valence-corrected chi connectivity index (χ3v) is 4.77. The van der Waals surface area contributed by atoms with Gasteiger partial charge in [0.2, 0.25) is 0 Å². The number of carbonyl (C=O) groups excluding carboxylic acids is 2. The molecule has 31 heavy (non-hydrogen) atoms. The molecule has 0 aliphatic carbocycles. The number of ether oxygens (including phenoxy) is 1. The SMILES string of the molecule is COc1cccc(Nc2c(C(N)=O)cnc3ccc(C(=O)Nc4ccccc4)cc23)c1. The fourth-order valence-electron chi connectivity index (χ4n) is 3.23. The molecule has 7 heteroatoms. The Balaban J connectivity index is 1.78. The van der Waals surface area contributed by atoms with Gasteiger partial charge in [-0.1, -0.05) is 24.3 Å². The van der Waals surface area contributed by atoms with Crippen LogP contribution in [0.3, 0.4) is 0 Å². The van der Waals surface area contributed by atoms with E-state index in [2.05, 4.69) is 15.6 Å². The minimum absolute atomic E-state index is 0.218. The van der Waals surface area contributed by atoms with Crippen molar-refractivity contribution in [3.05, 3.63) is 90.1 Å². The molecule has 0 aliphatic rings. The summed E-state index contributed by atoms with van der Waals surface area (Å²) in [6.45, 7) is 0. The Hall–Kier alpha value is -4.39. The molecule has 0 atom stereocenters. The van der Waals surface area contributed by atoms with Crippen LogP contribution in [0.1, 0.15) is 20.7 Å². The van der Waals surface area contributed by atoms with Crippen LogP contribution in [0.5, 0.6) is 5.75 Å². The average Bonchev–Trinajstić information content (AvgIpc) is 2.79. The van der Waals surface area contributed by atoms with Crippen molar-refractivity contribution in [1.29, 1.82) is 0 Å². The molecule has 0 spiro atoms. The molecule has 4 aromatic rings. The second-order valence-electron chi connectivity index (χ2n) is 6.82. The first-order valence-electron chi connectivity index (χ1n) is 9.55. The molecule has 0 saturated carbocycles.